The lowest BCUT2D eigenvalue weighted by atomic mass is 9.67. The fraction of sp³-hybridized carbons (Fsp3) is 0.941. The first-order chi connectivity index (χ1) is 9.25. The molecule has 3 nitrogen and oxygen atoms in total. The minimum atomic E-state index is 0.0534. The number of ether oxygens (including phenoxy) is 1. The molecular formula is C17H30N2O. The molecule has 1 saturated carbocycles. The predicted molar refractivity (Wildman–Crippen MR) is 81.3 cm³/mol. The lowest BCUT2D eigenvalue weighted by Crippen LogP contribution is -2.60. The number of nitrogens with zero attached hydrogens (tertiary/aromatic N) is 2. The quantitative estimate of drug-likeness (QED) is 0.737. The van der Waals surface area contributed by atoms with Gasteiger partial charge in [-0.15, -0.1) is 0 Å². The monoisotopic (exact) mass is 278 g/mol. The highest BCUT2D eigenvalue weighted by molar-refractivity contribution is 5.03. The second-order valence-corrected chi connectivity index (χ2v) is 8.24. The predicted octanol–water partition coefficient (Wildman–Crippen LogP) is 3.45. The summed E-state index contributed by atoms with van der Waals surface area (Å²) in [5, 5.41) is 9.54. The van der Waals surface area contributed by atoms with Gasteiger partial charge in [-0.05, 0) is 44.4 Å². The van der Waals surface area contributed by atoms with Crippen molar-refractivity contribution in [3.8, 4) is 6.07 Å². The number of morpholine rings is 1. The zero-order chi connectivity index (χ0) is 15.0. The summed E-state index contributed by atoms with van der Waals surface area (Å²) in [6, 6.07) is 2.98. The normalized spacial score (nSPS) is 35.5. The molecule has 0 aromatic carbocycles. The van der Waals surface area contributed by atoms with Crippen LogP contribution in [0.25, 0.3) is 0 Å². The molecule has 3 unspecified atom stereocenters. The third-order valence-corrected chi connectivity index (χ3v) is 5.32. The highest BCUT2D eigenvalue weighted by atomic mass is 16.5. The van der Waals surface area contributed by atoms with E-state index in [-0.39, 0.29) is 11.5 Å². The molecule has 1 aliphatic heterocycles. The lowest BCUT2D eigenvalue weighted by molar-refractivity contribution is -0.0933. The summed E-state index contributed by atoms with van der Waals surface area (Å²) < 4.78 is 5.64. The number of rotatable bonds is 1. The Labute approximate surface area is 124 Å². The van der Waals surface area contributed by atoms with Gasteiger partial charge in [0.15, 0.2) is 0 Å². The molecule has 1 heterocycles. The van der Waals surface area contributed by atoms with E-state index >= 15 is 0 Å². The van der Waals surface area contributed by atoms with Gasteiger partial charge >= 0.3 is 0 Å². The molecule has 0 radical (unpaired) electrons. The van der Waals surface area contributed by atoms with Gasteiger partial charge in [0.05, 0.1) is 25.2 Å². The van der Waals surface area contributed by atoms with Crippen molar-refractivity contribution in [1.29, 1.82) is 5.26 Å². The minimum absolute atomic E-state index is 0.0534. The molecule has 1 aliphatic carbocycles. The Kier molecular flexibility index (Phi) is 4.47. The third kappa shape index (κ3) is 3.18. The summed E-state index contributed by atoms with van der Waals surface area (Å²) in [5.74, 6) is 0.904. The first-order valence-electron chi connectivity index (χ1n) is 8.00. The molecule has 0 aromatic heterocycles. The maximum Gasteiger partial charge on any atom is 0.0672 e. The van der Waals surface area contributed by atoms with Crippen LogP contribution in [-0.4, -0.2) is 36.2 Å². The van der Waals surface area contributed by atoms with Crippen molar-refractivity contribution < 1.29 is 4.74 Å². The molecule has 20 heavy (non-hydrogen) atoms. The van der Waals surface area contributed by atoms with Gasteiger partial charge in [-0.25, -0.2) is 0 Å². The first kappa shape index (κ1) is 15.8. The van der Waals surface area contributed by atoms with Crippen molar-refractivity contribution in [3.05, 3.63) is 0 Å². The van der Waals surface area contributed by atoms with E-state index in [9.17, 15) is 5.26 Å². The molecular weight excluding hydrogens is 248 g/mol. The zero-order valence-electron chi connectivity index (χ0n) is 13.8. The van der Waals surface area contributed by atoms with Crippen LogP contribution in [0, 0.1) is 28.6 Å². The second kappa shape index (κ2) is 5.66. The maximum atomic E-state index is 9.54. The van der Waals surface area contributed by atoms with Gasteiger partial charge in [0.2, 0.25) is 0 Å². The van der Waals surface area contributed by atoms with E-state index in [2.05, 4.69) is 45.6 Å². The van der Waals surface area contributed by atoms with Gasteiger partial charge in [0, 0.05) is 18.1 Å². The van der Waals surface area contributed by atoms with E-state index in [1.54, 1.807) is 0 Å². The van der Waals surface area contributed by atoms with E-state index in [1.165, 1.54) is 6.42 Å². The Hall–Kier alpha value is -0.590. The van der Waals surface area contributed by atoms with Crippen LogP contribution in [0.2, 0.25) is 0 Å². The average Bonchev–Trinajstić information content (AvgIpc) is 2.36. The van der Waals surface area contributed by atoms with E-state index in [0.717, 1.165) is 38.5 Å². The molecule has 0 bridgehead atoms. The minimum Gasteiger partial charge on any atom is -0.378 e. The topological polar surface area (TPSA) is 36.3 Å². The average molecular weight is 278 g/mol. The zero-order valence-corrected chi connectivity index (χ0v) is 13.8. The van der Waals surface area contributed by atoms with Crippen LogP contribution in [-0.2, 0) is 4.74 Å². The van der Waals surface area contributed by atoms with Crippen LogP contribution < -0.4 is 0 Å². The molecule has 3 heteroatoms. The molecule has 2 rings (SSSR count). The van der Waals surface area contributed by atoms with Gasteiger partial charge in [-0.3, -0.25) is 4.90 Å². The van der Waals surface area contributed by atoms with Crippen LogP contribution in [0.4, 0.5) is 0 Å². The largest absolute Gasteiger partial charge is 0.378 e. The van der Waals surface area contributed by atoms with Crippen LogP contribution >= 0.6 is 0 Å². The summed E-state index contributed by atoms with van der Waals surface area (Å²) >= 11 is 0. The number of hydrogen-bond acceptors (Lipinski definition) is 3. The molecule has 0 aromatic rings. The summed E-state index contributed by atoms with van der Waals surface area (Å²) in [5.41, 5.74) is 0.396. The lowest BCUT2D eigenvalue weighted by Gasteiger charge is -2.51. The smallest absolute Gasteiger partial charge is 0.0672 e. The summed E-state index contributed by atoms with van der Waals surface area (Å²) in [4.78, 5) is 2.56. The van der Waals surface area contributed by atoms with Crippen molar-refractivity contribution >= 4 is 0 Å². The fourth-order valence-corrected chi connectivity index (χ4v) is 3.91. The van der Waals surface area contributed by atoms with E-state index in [4.69, 9.17) is 4.74 Å². The van der Waals surface area contributed by atoms with Crippen molar-refractivity contribution in [2.24, 2.45) is 17.3 Å². The molecule has 0 spiro atoms. The van der Waals surface area contributed by atoms with Gasteiger partial charge < -0.3 is 4.74 Å². The highest BCUT2D eigenvalue weighted by Gasteiger charge is 2.43. The van der Waals surface area contributed by atoms with Gasteiger partial charge in [-0.1, -0.05) is 20.8 Å². The summed E-state index contributed by atoms with van der Waals surface area (Å²) in [7, 11) is 0. The Morgan fingerprint density at radius 1 is 1.25 bits per heavy atom. The maximum absolute atomic E-state index is 9.54. The van der Waals surface area contributed by atoms with E-state index in [1.807, 2.05) is 0 Å². The van der Waals surface area contributed by atoms with Crippen molar-refractivity contribution in [2.75, 3.05) is 19.8 Å². The Morgan fingerprint density at radius 2 is 1.95 bits per heavy atom. The van der Waals surface area contributed by atoms with Crippen molar-refractivity contribution in [1.82, 2.24) is 4.90 Å². The molecule has 114 valence electrons. The molecule has 0 amide bonds. The second-order valence-electron chi connectivity index (χ2n) is 8.24. The fourth-order valence-electron chi connectivity index (χ4n) is 3.91. The van der Waals surface area contributed by atoms with Crippen LogP contribution in [0.15, 0.2) is 0 Å². The van der Waals surface area contributed by atoms with Crippen molar-refractivity contribution in [3.63, 3.8) is 0 Å². The Morgan fingerprint density at radius 3 is 2.50 bits per heavy atom. The number of nitriles is 1. The van der Waals surface area contributed by atoms with Crippen LogP contribution in [0.5, 0.6) is 0 Å². The van der Waals surface area contributed by atoms with Crippen LogP contribution in [0.3, 0.4) is 0 Å². The molecule has 3 atom stereocenters. The molecule has 0 N–H and O–H groups in total. The molecule has 1 saturated heterocycles. The summed E-state index contributed by atoms with van der Waals surface area (Å²) in [6.07, 6.45) is 3.41. The molecule has 2 fully saturated rings. The standard InChI is InChI=1S/C17H30N2O/c1-16(2,3)14-7-6-13(11-18)15(10-14)19-8-9-20-12-17(19,4)5/h13-15H,6-10,12H2,1-5H3. The molecule has 2 aliphatic rings. The van der Waals surface area contributed by atoms with E-state index < -0.39 is 0 Å². The van der Waals surface area contributed by atoms with Gasteiger partial charge in [-0.2, -0.15) is 5.26 Å². The van der Waals surface area contributed by atoms with Crippen molar-refractivity contribution in [2.45, 2.75) is 65.5 Å². The van der Waals surface area contributed by atoms with Gasteiger partial charge in [0.25, 0.3) is 0 Å². The Balaban J connectivity index is 2.19. The first-order valence-corrected chi connectivity index (χ1v) is 8.00. The van der Waals surface area contributed by atoms with Crippen LogP contribution in [0.1, 0.15) is 53.9 Å². The summed E-state index contributed by atoms with van der Waals surface area (Å²) in [6.45, 7) is 14.1. The Bertz CT molecular complexity index is 377. The highest BCUT2D eigenvalue weighted by Crippen LogP contribution is 2.43. The number of hydrogen-bond donors (Lipinski definition) is 0. The third-order valence-electron chi connectivity index (χ3n) is 5.32. The van der Waals surface area contributed by atoms with Gasteiger partial charge in [0.1, 0.15) is 0 Å². The van der Waals surface area contributed by atoms with E-state index in [0.29, 0.717) is 11.5 Å². The SMILES string of the molecule is CC(C)(C)C1CCC(C#N)C(N2CCOCC2(C)C)C1.